The normalized spacial score (nSPS) is 19.9. The summed E-state index contributed by atoms with van der Waals surface area (Å²) in [6.45, 7) is 2.85. The molecular weight excluding hydrogens is 484 g/mol. The first-order chi connectivity index (χ1) is 19.0. The largest absolute Gasteiger partial charge is 0.374 e. The molecule has 0 saturated carbocycles. The number of carbonyl (C=O) groups excluding carboxylic acids is 2. The number of nitrogens with one attached hydrogen (secondary N) is 2. The molecule has 1 amide bonds. The van der Waals surface area contributed by atoms with E-state index in [9.17, 15) is 9.59 Å². The maximum absolute atomic E-state index is 13.6. The molecule has 4 N–H and O–H groups in total. The molecule has 2 heterocycles. The number of hydrogen-bond acceptors (Lipinski definition) is 5. The number of amides is 1. The Bertz CT molecular complexity index is 1520. The van der Waals surface area contributed by atoms with Crippen molar-refractivity contribution in [3.05, 3.63) is 125 Å². The fraction of sp³-hybridized carbons (Fsp3) is 0.212. The first-order valence-electron chi connectivity index (χ1n) is 13.5. The van der Waals surface area contributed by atoms with Crippen molar-refractivity contribution in [3.8, 4) is 11.1 Å². The maximum Gasteiger partial charge on any atom is 0.256 e. The van der Waals surface area contributed by atoms with Gasteiger partial charge in [-0.2, -0.15) is 0 Å². The lowest BCUT2D eigenvalue weighted by atomic mass is 9.95. The van der Waals surface area contributed by atoms with E-state index < -0.39 is 6.04 Å². The Hall–Kier alpha value is -4.42. The van der Waals surface area contributed by atoms with E-state index in [-0.39, 0.29) is 17.7 Å². The summed E-state index contributed by atoms with van der Waals surface area (Å²) in [5, 5.41) is 6.51. The molecule has 196 valence electrons. The molecule has 0 saturated heterocycles. The van der Waals surface area contributed by atoms with Crippen LogP contribution < -0.4 is 16.4 Å². The van der Waals surface area contributed by atoms with E-state index in [1.807, 2.05) is 61.5 Å². The highest BCUT2D eigenvalue weighted by Crippen LogP contribution is 2.33. The van der Waals surface area contributed by atoms with Gasteiger partial charge in [0, 0.05) is 52.9 Å². The van der Waals surface area contributed by atoms with Gasteiger partial charge in [0.1, 0.15) is 6.04 Å². The minimum Gasteiger partial charge on any atom is -0.374 e. The van der Waals surface area contributed by atoms with Gasteiger partial charge >= 0.3 is 0 Å². The summed E-state index contributed by atoms with van der Waals surface area (Å²) in [6.07, 6.45) is 8.76. The van der Waals surface area contributed by atoms with Crippen LogP contribution in [0.1, 0.15) is 45.5 Å². The van der Waals surface area contributed by atoms with Crippen LogP contribution in [-0.4, -0.2) is 35.2 Å². The topological polar surface area (TPSA) is 87.5 Å². The summed E-state index contributed by atoms with van der Waals surface area (Å²) in [4.78, 5) is 29.1. The Morgan fingerprint density at radius 2 is 1.77 bits per heavy atom. The van der Waals surface area contributed by atoms with Crippen LogP contribution in [0.4, 0.5) is 5.69 Å². The molecule has 3 aromatic rings. The van der Waals surface area contributed by atoms with Gasteiger partial charge in [0.25, 0.3) is 5.91 Å². The number of benzene rings is 3. The SMILES string of the molecule is Cc1ccc(-c2ccccc2C(=O)Nc2ccc(C(=O)C3C=C4C=CCN4C4=C(CC[C@@H](N)C4)N3)cc2)cc1. The van der Waals surface area contributed by atoms with Crippen molar-refractivity contribution in [1.82, 2.24) is 10.2 Å². The lowest BCUT2D eigenvalue weighted by Gasteiger charge is -2.31. The molecule has 1 unspecified atom stereocenters. The van der Waals surface area contributed by atoms with Crippen LogP contribution in [0.25, 0.3) is 11.1 Å². The van der Waals surface area contributed by atoms with Crippen LogP contribution in [0.2, 0.25) is 0 Å². The predicted octanol–water partition coefficient (Wildman–Crippen LogP) is 5.55. The number of carbonyl (C=O) groups is 2. The summed E-state index contributed by atoms with van der Waals surface area (Å²) in [5.41, 5.74) is 14.5. The van der Waals surface area contributed by atoms with Crippen molar-refractivity contribution in [3.63, 3.8) is 0 Å². The van der Waals surface area contributed by atoms with Gasteiger partial charge in [-0.25, -0.2) is 0 Å². The molecule has 6 rings (SSSR count). The highest BCUT2D eigenvalue weighted by molar-refractivity contribution is 6.09. The van der Waals surface area contributed by atoms with Crippen molar-refractivity contribution in [2.24, 2.45) is 5.73 Å². The molecule has 0 radical (unpaired) electrons. The number of aryl methyl sites for hydroxylation is 1. The standard InChI is InChI=1S/C33H32N4O2/c1-21-8-10-22(11-9-21)27-6-2-3-7-28(27)33(39)35-25-15-12-23(13-16-25)32(38)30-20-26-5-4-18-37(26)31-19-24(34)14-17-29(31)36-30/h2-13,15-16,20,24,30,36H,14,17-19,34H2,1H3,(H,35,39)/t24-,30?/m1/s1. The minimum absolute atomic E-state index is 0.00559. The molecule has 1 aliphatic carbocycles. The first kappa shape index (κ1) is 24.9. The number of hydrogen-bond donors (Lipinski definition) is 3. The fourth-order valence-electron chi connectivity index (χ4n) is 5.57. The van der Waals surface area contributed by atoms with Gasteiger partial charge in [0.05, 0.1) is 0 Å². The average molecular weight is 517 g/mol. The Morgan fingerprint density at radius 3 is 2.56 bits per heavy atom. The number of fused-ring (bicyclic) bond motifs is 2. The Kier molecular flexibility index (Phi) is 6.63. The van der Waals surface area contributed by atoms with Crippen LogP contribution in [0.5, 0.6) is 0 Å². The highest BCUT2D eigenvalue weighted by Gasteiger charge is 2.32. The molecule has 2 atom stereocenters. The van der Waals surface area contributed by atoms with Crippen molar-refractivity contribution < 1.29 is 9.59 Å². The summed E-state index contributed by atoms with van der Waals surface area (Å²) >= 11 is 0. The third kappa shape index (κ3) is 5.03. The molecule has 3 aromatic carbocycles. The second kappa shape index (κ2) is 10.4. The zero-order valence-electron chi connectivity index (χ0n) is 22.0. The number of nitrogens with zero attached hydrogens (tertiary/aromatic N) is 1. The number of Topliss-reactive ketones (excluding diaryl/α,β-unsaturated/α-hetero) is 1. The molecule has 0 aromatic heterocycles. The molecule has 0 fully saturated rings. The highest BCUT2D eigenvalue weighted by atomic mass is 16.1. The summed E-state index contributed by atoms with van der Waals surface area (Å²) < 4.78 is 0. The van der Waals surface area contributed by atoms with Gasteiger partial charge in [-0.15, -0.1) is 0 Å². The zero-order valence-corrected chi connectivity index (χ0v) is 22.0. The Labute approximate surface area is 228 Å². The zero-order chi connectivity index (χ0) is 26.9. The first-order valence-corrected chi connectivity index (χ1v) is 13.5. The van der Waals surface area contributed by atoms with E-state index in [2.05, 4.69) is 27.7 Å². The lowest BCUT2D eigenvalue weighted by molar-refractivity contribution is 0.0966. The van der Waals surface area contributed by atoms with Crippen molar-refractivity contribution in [2.45, 2.75) is 38.3 Å². The average Bonchev–Trinajstić information content (AvgIpc) is 3.36. The number of rotatable bonds is 5. The monoisotopic (exact) mass is 516 g/mol. The molecule has 0 bridgehead atoms. The van der Waals surface area contributed by atoms with Crippen molar-refractivity contribution in [2.75, 3.05) is 11.9 Å². The molecule has 39 heavy (non-hydrogen) atoms. The second-order valence-corrected chi connectivity index (χ2v) is 10.5. The number of ketones is 1. The second-order valence-electron chi connectivity index (χ2n) is 10.5. The molecule has 3 aliphatic rings. The van der Waals surface area contributed by atoms with Crippen LogP contribution in [0.15, 0.2) is 108 Å². The number of nitrogens with two attached hydrogens (primary N) is 1. The van der Waals surface area contributed by atoms with Gasteiger partial charge in [-0.1, -0.05) is 54.1 Å². The van der Waals surface area contributed by atoms with Crippen LogP contribution in [0.3, 0.4) is 0 Å². The van der Waals surface area contributed by atoms with Gasteiger partial charge < -0.3 is 21.3 Å². The number of anilines is 1. The number of allylic oxidation sites excluding steroid dienone is 2. The van der Waals surface area contributed by atoms with E-state index in [0.29, 0.717) is 16.8 Å². The third-order valence-electron chi connectivity index (χ3n) is 7.69. The smallest absolute Gasteiger partial charge is 0.256 e. The molecule has 6 nitrogen and oxygen atoms in total. The quantitative estimate of drug-likeness (QED) is 0.387. The molecular formula is C33H32N4O2. The molecule has 0 spiro atoms. The van der Waals surface area contributed by atoms with Crippen molar-refractivity contribution >= 4 is 17.4 Å². The van der Waals surface area contributed by atoms with Crippen LogP contribution >= 0.6 is 0 Å². The molecule has 6 heteroatoms. The van der Waals surface area contributed by atoms with E-state index in [1.165, 1.54) is 11.3 Å². The van der Waals surface area contributed by atoms with Crippen LogP contribution in [0, 0.1) is 6.92 Å². The van der Waals surface area contributed by atoms with Gasteiger partial charge in [-0.05, 0) is 73.4 Å². The minimum atomic E-state index is -0.464. The van der Waals surface area contributed by atoms with E-state index in [0.717, 1.165) is 48.3 Å². The lowest BCUT2D eigenvalue weighted by Crippen LogP contribution is -2.38. The van der Waals surface area contributed by atoms with Gasteiger partial charge in [0.15, 0.2) is 5.78 Å². The summed E-state index contributed by atoms with van der Waals surface area (Å²) in [5.74, 6) is -0.197. The Balaban J connectivity index is 1.20. The summed E-state index contributed by atoms with van der Waals surface area (Å²) in [7, 11) is 0. The van der Waals surface area contributed by atoms with E-state index in [4.69, 9.17) is 5.73 Å². The van der Waals surface area contributed by atoms with Gasteiger partial charge in [0.2, 0.25) is 0 Å². The predicted molar refractivity (Wildman–Crippen MR) is 155 cm³/mol. The maximum atomic E-state index is 13.6. The summed E-state index contributed by atoms with van der Waals surface area (Å²) in [6, 6.07) is 22.5. The third-order valence-corrected chi connectivity index (χ3v) is 7.69. The Morgan fingerprint density at radius 1 is 1.00 bits per heavy atom. The fourth-order valence-corrected chi connectivity index (χ4v) is 5.57. The van der Waals surface area contributed by atoms with Crippen molar-refractivity contribution in [1.29, 1.82) is 0 Å². The van der Waals surface area contributed by atoms with Gasteiger partial charge in [-0.3, -0.25) is 9.59 Å². The molecule has 2 aliphatic heterocycles. The van der Waals surface area contributed by atoms with E-state index >= 15 is 0 Å². The van der Waals surface area contributed by atoms with Crippen LogP contribution in [-0.2, 0) is 0 Å². The van der Waals surface area contributed by atoms with E-state index in [1.54, 1.807) is 24.3 Å².